The minimum Gasteiger partial charge on any atom is -0.492 e. The standard InChI is InChI=1S/C26H34IN3O4/c1-6-15-34-23-12-9-19(17-22(23)27)24(32)28-21(13-14-31)16-18-7-10-20(11-8-18)29-25(33)30(5)26(2,3)4/h7-12,14,17,21H,6,13,15-16H2,1-5H3,(H,28,32)(H,29,33)/t21-/m1/s1. The van der Waals surface area contributed by atoms with E-state index in [9.17, 15) is 14.4 Å². The number of benzene rings is 2. The largest absolute Gasteiger partial charge is 0.492 e. The Kier molecular flexibility index (Phi) is 10.3. The normalized spacial score (nSPS) is 11.9. The van der Waals surface area contributed by atoms with E-state index in [1.165, 1.54) is 0 Å². The van der Waals surface area contributed by atoms with E-state index in [0.29, 0.717) is 24.3 Å². The van der Waals surface area contributed by atoms with Crippen LogP contribution in [0.15, 0.2) is 42.5 Å². The van der Waals surface area contributed by atoms with E-state index in [0.717, 1.165) is 27.6 Å². The van der Waals surface area contributed by atoms with Gasteiger partial charge in [0.25, 0.3) is 5.91 Å². The lowest BCUT2D eigenvalue weighted by Crippen LogP contribution is -2.44. The van der Waals surface area contributed by atoms with Crippen molar-refractivity contribution >= 4 is 46.5 Å². The fourth-order valence-corrected chi connectivity index (χ4v) is 3.74. The molecule has 0 aromatic heterocycles. The lowest BCUT2D eigenvalue weighted by Gasteiger charge is -2.31. The van der Waals surface area contributed by atoms with Crippen molar-refractivity contribution in [2.45, 2.75) is 58.5 Å². The van der Waals surface area contributed by atoms with Crippen LogP contribution in [-0.4, -0.2) is 48.4 Å². The Labute approximate surface area is 215 Å². The van der Waals surface area contributed by atoms with E-state index in [1.54, 1.807) is 30.1 Å². The number of amides is 3. The summed E-state index contributed by atoms with van der Waals surface area (Å²) in [5.41, 5.74) is 1.86. The zero-order valence-corrected chi connectivity index (χ0v) is 22.6. The van der Waals surface area contributed by atoms with E-state index in [2.05, 4.69) is 33.2 Å². The molecule has 0 spiro atoms. The molecule has 0 heterocycles. The smallest absolute Gasteiger partial charge is 0.322 e. The molecule has 0 aliphatic carbocycles. The van der Waals surface area contributed by atoms with Gasteiger partial charge in [-0.25, -0.2) is 4.79 Å². The number of nitrogens with one attached hydrogen (secondary N) is 2. The van der Waals surface area contributed by atoms with Gasteiger partial charge in [-0.05, 0) is 92.1 Å². The van der Waals surface area contributed by atoms with Crippen molar-refractivity contribution in [3.05, 3.63) is 57.2 Å². The molecule has 0 unspecified atom stereocenters. The second-order valence-corrected chi connectivity index (χ2v) is 10.3. The summed E-state index contributed by atoms with van der Waals surface area (Å²) in [5, 5.41) is 5.84. The van der Waals surface area contributed by atoms with Gasteiger partial charge in [0.1, 0.15) is 12.0 Å². The maximum absolute atomic E-state index is 12.8. The highest BCUT2D eigenvalue weighted by Crippen LogP contribution is 2.23. The van der Waals surface area contributed by atoms with Gasteiger partial charge >= 0.3 is 6.03 Å². The highest BCUT2D eigenvalue weighted by atomic mass is 127. The van der Waals surface area contributed by atoms with Crippen LogP contribution in [0.25, 0.3) is 0 Å². The maximum Gasteiger partial charge on any atom is 0.322 e. The monoisotopic (exact) mass is 579 g/mol. The van der Waals surface area contributed by atoms with E-state index < -0.39 is 0 Å². The van der Waals surface area contributed by atoms with Gasteiger partial charge in [0.15, 0.2) is 0 Å². The number of urea groups is 1. The Morgan fingerprint density at radius 2 is 1.82 bits per heavy atom. The Morgan fingerprint density at radius 3 is 2.38 bits per heavy atom. The van der Waals surface area contributed by atoms with E-state index in [1.807, 2.05) is 52.0 Å². The van der Waals surface area contributed by atoms with E-state index in [4.69, 9.17) is 4.74 Å². The average molecular weight is 579 g/mol. The third kappa shape index (κ3) is 8.30. The van der Waals surface area contributed by atoms with Gasteiger partial charge in [-0.3, -0.25) is 4.79 Å². The first-order valence-corrected chi connectivity index (χ1v) is 12.4. The molecule has 0 aliphatic heterocycles. The molecule has 0 saturated carbocycles. The minimum absolute atomic E-state index is 0.188. The second-order valence-electron chi connectivity index (χ2n) is 9.13. The number of hydrogen-bond donors (Lipinski definition) is 2. The molecule has 0 saturated heterocycles. The molecule has 0 aliphatic rings. The molecule has 8 heteroatoms. The number of ether oxygens (including phenoxy) is 1. The van der Waals surface area contributed by atoms with E-state index in [-0.39, 0.29) is 29.9 Å². The summed E-state index contributed by atoms with van der Waals surface area (Å²) >= 11 is 2.15. The molecule has 0 radical (unpaired) electrons. The average Bonchev–Trinajstić information content (AvgIpc) is 2.78. The third-order valence-electron chi connectivity index (χ3n) is 5.37. The molecule has 2 aromatic carbocycles. The fraction of sp³-hybridized carbons (Fsp3) is 0.423. The molecule has 34 heavy (non-hydrogen) atoms. The Balaban J connectivity index is 2.02. The second kappa shape index (κ2) is 12.7. The first kappa shape index (κ1) is 27.6. The van der Waals surface area contributed by atoms with Crippen molar-refractivity contribution in [1.29, 1.82) is 0 Å². The summed E-state index contributed by atoms with van der Waals surface area (Å²) in [6.07, 6.45) is 2.42. The SMILES string of the molecule is CCCOc1ccc(C(=O)N[C@H](CC=O)Cc2ccc(NC(=O)N(C)C(C)(C)C)cc2)cc1I. The van der Waals surface area contributed by atoms with Crippen LogP contribution in [0.5, 0.6) is 5.75 Å². The highest BCUT2D eigenvalue weighted by molar-refractivity contribution is 14.1. The van der Waals surface area contributed by atoms with Crippen LogP contribution < -0.4 is 15.4 Å². The first-order valence-electron chi connectivity index (χ1n) is 11.4. The number of aldehydes is 1. The Bertz CT molecular complexity index is 987. The number of halogens is 1. The van der Waals surface area contributed by atoms with Crippen LogP contribution in [0, 0.1) is 3.57 Å². The summed E-state index contributed by atoms with van der Waals surface area (Å²) in [7, 11) is 1.75. The number of hydrogen-bond acceptors (Lipinski definition) is 4. The van der Waals surface area contributed by atoms with Crippen molar-refractivity contribution in [3.8, 4) is 5.75 Å². The summed E-state index contributed by atoms with van der Waals surface area (Å²) in [6, 6.07) is 12.2. The molecule has 0 fully saturated rings. The summed E-state index contributed by atoms with van der Waals surface area (Å²) in [5.74, 6) is 0.519. The number of nitrogens with zero attached hydrogens (tertiary/aromatic N) is 1. The van der Waals surface area contributed by atoms with Crippen molar-refractivity contribution < 1.29 is 19.1 Å². The topological polar surface area (TPSA) is 87.7 Å². The molecule has 7 nitrogen and oxygen atoms in total. The molecule has 184 valence electrons. The molecule has 1 atom stereocenters. The zero-order chi connectivity index (χ0) is 25.3. The Hall–Kier alpha value is -2.62. The molecule has 3 amide bonds. The van der Waals surface area contributed by atoms with Gasteiger partial charge in [-0.1, -0.05) is 19.1 Å². The van der Waals surface area contributed by atoms with Gasteiger partial charge in [-0.15, -0.1) is 0 Å². The fourth-order valence-electron chi connectivity index (χ4n) is 3.07. The van der Waals surface area contributed by atoms with Gasteiger partial charge in [0.05, 0.1) is 10.2 Å². The van der Waals surface area contributed by atoms with Crippen molar-refractivity contribution in [2.75, 3.05) is 19.0 Å². The number of rotatable bonds is 10. The van der Waals surface area contributed by atoms with Crippen LogP contribution in [-0.2, 0) is 11.2 Å². The molecule has 2 aromatic rings. The van der Waals surface area contributed by atoms with Gasteiger partial charge < -0.3 is 25.1 Å². The number of anilines is 1. The first-order chi connectivity index (χ1) is 16.0. The third-order valence-corrected chi connectivity index (χ3v) is 6.21. The lowest BCUT2D eigenvalue weighted by molar-refractivity contribution is -0.108. The van der Waals surface area contributed by atoms with Crippen LogP contribution in [0.1, 0.15) is 56.5 Å². The zero-order valence-electron chi connectivity index (χ0n) is 20.5. The van der Waals surface area contributed by atoms with Crippen LogP contribution in [0.3, 0.4) is 0 Å². The number of carbonyl (C=O) groups excluding carboxylic acids is 3. The quantitative estimate of drug-likeness (QED) is 0.297. The maximum atomic E-state index is 12.8. The number of carbonyl (C=O) groups is 3. The predicted octanol–water partition coefficient (Wildman–Crippen LogP) is 5.27. The van der Waals surface area contributed by atoms with Gasteiger partial charge in [0, 0.05) is 36.3 Å². The molecular weight excluding hydrogens is 545 g/mol. The molecule has 2 N–H and O–H groups in total. The van der Waals surface area contributed by atoms with Gasteiger partial charge in [0.2, 0.25) is 0 Å². The highest BCUT2D eigenvalue weighted by Gasteiger charge is 2.22. The van der Waals surface area contributed by atoms with Crippen molar-refractivity contribution in [2.24, 2.45) is 0 Å². The van der Waals surface area contributed by atoms with Crippen LogP contribution >= 0.6 is 22.6 Å². The predicted molar refractivity (Wildman–Crippen MR) is 144 cm³/mol. The molecular formula is C26H34IN3O4. The minimum atomic E-state index is -0.342. The molecule has 0 bridgehead atoms. The molecule has 2 rings (SSSR count). The summed E-state index contributed by atoms with van der Waals surface area (Å²) < 4.78 is 6.53. The lowest BCUT2D eigenvalue weighted by atomic mass is 10.0. The van der Waals surface area contributed by atoms with Crippen LogP contribution in [0.2, 0.25) is 0 Å². The van der Waals surface area contributed by atoms with E-state index >= 15 is 0 Å². The van der Waals surface area contributed by atoms with Gasteiger partial charge in [-0.2, -0.15) is 0 Å². The van der Waals surface area contributed by atoms with Crippen LogP contribution in [0.4, 0.5) is 10.5 Å². The van der Waals surface area contributed by atoms with Crippen molar-refractivity contribution in [1.82, 2.24) is 10.2 Å². The summed E-state index contributed by atoms with van der Waals surface area (Å²) in [6.45, 7) is 8.56. The summed E-state index contributed by atoms with van der Waals surface area (Å²) in [4.78, 5) is 38.0. The Morgan fingerprint density at radius 1 is 1.15 bits per heavy atom. The van der Waals surface area contributed by atoms with Crippen molar-refractivity contribution in [3.63, 3.8) is 0 Å².